The third-order valence-corrected chi connectivity index (χ3v) is 5.01. The summed E-state index contributed by atoms with van der Waals surface area (Å²) in [7, 11) is 0. The van der Waals surface area contributed by atoms with Gasteiger partial charge in [0, 0.05) is 30.4 Å². The van der Waals surface area contributed by atoms with Crippen LogP contribution in [0.2, 0.25) is 0 Å². The first-order valence-electron chi connectivity index (χ1n) is 7.32. The lowest BCUT2D eigenvalue weighted by Crippen LogP contribution is -2.48. The zero-order valence-electron chi connectivity index (χ0n) is 12.3. The first-order chi connectivity index (χ1) is 9.82. The van der Waals surface area contributed by atoms with E-state index >= 15 is 0 Å². The van der Waals surface area contributed by atoms with E-state index in [1.807, 2.05) is 0 Å². The average molecular weight is 292 g/mol. The molecular weight excluding hydrogens is 272 g/mol. The largest absolute Gasteiger partial charge is 0.462 e. The molecule has 1 N–H and O–H groups in total. The smallest absolute Gasteiger partial charge is 0.336 e. The summed E-state index contributed by atoms with van der Waals surface area (Å²) in [4.78, 5) is 23.0. The molecule has 2 fully saturated rings. The van der Waals surface area contributed by atoms with E-state index in [2.05, 4.69) is 6.58 Å². The number of aliphatic hydroxyl groups is 1. The van der Waals surface area contributed by atoms with Crippen LogP contribution in [0.15, 0.2) is 23.3 Å². The summed E-state index contributed by atoms with van der Waals surface area (Å²) in [5.74, 6) is -2.23. The Balaban J connectivity index is 1.93. The van der Waals surface area contributed by atoms with Crippen LogP contribution >= 0.6 is 0 Å². The Morgan fingerprint density at radius 1 is 1.52 bits per heavy atom. The molecule has 0 aromatic heterocycles. The van der Waals surface area contributed by atoms with E-state index in [1.54, 1.807) is 6.92 Å². The highest BCUT2D eigenvalue weighted by molar-refractivity contribution is 5.92. The van der Waals surface area contributed by atoms with Crippen LogP contribution in [0.1, 0.15) is 39.5 Å². The molecule has 114 valence electrons. The van der Waals surface area contributed by atoms with Crippen molar-refractivity contribution in [2.45, 2.75) is 51.4 Å². The van der Waals surface area contributed by atoms with Gasteiger partial charge in [0.15, 0.2) is 0 Å². The summed E-state index contributed by atoms with van der Waals surface area (Å²) in [5, 5.41) is 10.7. The average Bonchev–Trinajstić information content (AvgIpc) is 2.61. The highest BCUT2D eigenvalue weighted by atomic mass is 16.7. The molecule has 2 aliphatic carbocycles. The van der Waals surface area contributed by atoms with Crippen molar-refractivity contribution in [1.29, 1.82) is 0 Å². The molecule has 21 heavy (non-hydrogen) atoms. The standard InChI is InChI=1S/C16H20O5/c1-8-4-5-14(20-10(3)17)12-7-16(19)13(6-11(8)12)9(2)15(18)21-16/h11-12,14,19H,1,4-7H2,2-3H3. The normalized spacial score (nSPS) is 38.7. The van der Waals surface area contributed by atoms with Crippen LogP contribution in [-0.2, 0) is 19.1 Å². The summed E-state index contributed by atoms with van der Waals surface area (Å²) < 4.78 is 10.6. The maximum Gasteiger partial charge on any atom is 0.336 e. The van der Waals surface area contributed by atoms with Gasteiger partial charge >= 0.3 is 11.9 Å². The van der Waals surface area contributed by atoms with Crippen LogP contribution < -0.4 is 0 Å². The van der Waals surface area contributed by atoms with E-state index in [4.69, 9.17) is 9.47 Å². The lowest BCUT2D eigenvalue weighted by Gasteiger charge is -2.46. The molecule has 2 saturated carbocycles. The Bertz CT molecular complexity index is 561. The highest BCUT2D eigenvalue weighted by Gasteiger charge is 2.55. The van der Waals surface area contributed by atoms with Crippen LogP contribution in [0.4, 0.5) is 0 Å². The number of esters is 2. The van der Waals surface area contributed by atoms with Gasteiger partial charge in [-0.2, -0.15) is 0 Å². The molecule has 1 aliphatic heterocycles. The second-order valence-corrected chi connectivity index (χ2v) is 6.30. The molecule has 4 atom stereocenters. The number of ether oxygens (including phenoxy) is 2. The topological polar surface area (TPSA) is 72.8 Å². The van der Waals surface area contributed by atoms with Gasteiger partial charge in [0.2, 0.25) is 5.79 Å². The molecule has 0 radical (unpaired) electrons. The number of hydrogen-bond acceptors (Lipinski definition) is 5. The van der Waals surface area contributed by atoms with Crippen molar-refractivity contribution in [3.05, 3.63) is 23.3 Å². The van der Waals surface area contributed by atoms with Gasteiger partial charge in [0.1, 0.15) is 6.10 Å². The molecule has 5 heteroatoms. The fourth-order valence-electron chi connectivity index (χ4n) is 3.94. The van der Waals surface area contributed by atoms with Crippen molar-refractivity contribution in [3.63, 3.8) is 0 Å². The Kier molecular flexibility index (Phi) is 3.20. The van der Waals surface area contributed by atoms with E-state index < -0.39 is 11.8 Å². The predicted molar refractivity (Wildman–Crippen MR) is 73.9 cm³/mol. The second-order valence-electron chi connectivity index (χ2n) is 6.30. The molecule has 0 aromatic carbocycles. The van der Waals surface area contributed by atoms with Gasteiger partial charge in [0.25, 0.3) is 0 Å². The first-order valence-corrected chi connectivity index (χ1v) is 7.32. The monoisotopic (exact) mass is 292 g/mol. The van der Waals surface area contributed by atoms with Gasteiger partial charge in [-0.1, -0.05) is 12.2 Å². The molecule has 0 amide bonds. The van der Waals surface area contributed by atoms with Crippen LogP contribution in [0.5, 0.6) is 0 Å². The van der Waals surface area contributed by atoms with Crippen molar-refractivity contribution in [2.75, 3.05) is 0 Å². The quantitative estimate of drug-likeness (QED) is 0.590. The van der Waals surface area contributed by atoms with Gasteiger partial charge < -0.3 is 14.6 Å². The fraction of sp³-hybridized carbons (Fsp3) is 0.625. The number of rotatable bonds is 1. The maximum absolute atomic E-state index is 11.7. The van der Waals surface area contributed by atoms with Crippen LogP contribution in [0, 0.1) is 11.8 Å². The van der Waals surface area contributed by atoms with Crippen molar-refractivity contribution >= 4 is 11.9 Å². The van der Waals surface area contributed by atoms with E-state index in [1.165, 1.54) is 6.92 Å². The molecule has 4 unspecified atom stereocenters. The van der Waals surface area contributed by atoms with E-state index in [9.17, 15) is 14.7 Å². The second kappa shape index (κ2) is 4.70. The minimum atomic E-state index is -1.53. The molecule has 3 aliphatic rings. The van der Waals surface area contributed by atoms with Gasteiger partial charge in [-0.05, 0) is 32.1 Å². The summed E-state index contributed by atoms with van der Waals surface area (Å²) in [6, 6.07) is 0. The van der Waals surface area contributed by atoms with Crippen molar-refractivity contribution in [1.82, 2.24) is 0 Å². The molecule has 1 heterocycles. The molecule has 0 saturated heterocycles. The molecule has 3 rings (SSSR count). The molecule has 0 spiro atoms. The van der Waals surface area contributed by atoms with E-state index in [0.717, 1.165) is 12.0 Å². The Morgan fingerprint density at radius 3 is 2.90 bits per heavy atom. The van der Waals surface area contributed by atoms with Gasteiger partial charge in [-0.15, -0.1) is 0 Å². The highest BCUT2D eigenvalue weighted by Crippen LogP contribution is 2.52. The van der Waals surface area contributed by atoms with Gasteiger partial charge in [-0.3, -0.25) is 4.79 Å². The SMILES string of the molecule is C=C1CCC(OC(C)=O)C2CC3(O)OC(=O)C(C)=C3CC12. The van der Waals surface area contributed by atoms with Crippen molar-refractivity contribution in [2.24, 2.45) is 11.8 Å². The number of hydrogen-bond donors (Lipinski definition) is 1. The lowest BCUT2D eigenvalue weighted by atomic mass is 9.64. The Morgan fingerprint density at radius 2 is 2.24 bits per heavy atom. The first kappa shape index (κ1) is 14.3. The number of carbonyl (C=O) groups excluding carboxylic acids is 2. The minimum absolute atomic E-state index is 0.0531. The molecule has 0 aromatic rings. The Hall–Kier alpha value is -1.62. The molecular formula is C16H20O5. The number of allylic oxidation sites excluding steroid dienone is 1. The van der Waals surface area contributed by atoms with E-state index in [0.29, 0.717) is 24.0 Å². The summed E-state index contributed by atoms with van der Waals surface area (Å²) in [5.41, 5.74) is 2.27. The van der Waals surface area contributed by atoms with E-state index in [-0.39, 0.29) is 30.3 Å². The number of fused-ring (bicyclic) bond motifs is 2. The van der Waals surface area contributed by atoms with Crippen LogP contribution in [-0.4, -0.2) is 28.9 Å². The summed E-state index contributed by atoms with van der Waals surface area (Å²) >= 11 is 0. The maximum atomic E-state index is 11.7. The van der Waals surface area contributed by atoms with Crippen LogP contribution in [0.3, 0.4) is 0 Å². The fourth-order valence-corrected chi connectivity index (χ4v) is 3.94. The van der Waals surface area contributed by atoms with Crippen molar-refractivity contribution < 1.29 is 24.2 Å². The van der Waals surface area contributed by atoms with Crippen LogP contribution in [0.25, 0.3) is 0 Å². The minimum Gasteiger partial charge on any atom is -0.462 e. The summed E-state index contributed by atoms with van der Waals surface area (Å²) in [6.45, 7) is 7.20. The molecule has 5 nitrogen and oxygen atoms in total. The zero-order valence-corrected chi connectivity index (χ0v) is 12.3. The number of carbonyl (C=O) groups is 2. The lowest BCUT2D eigenvalue weighted by molar-refractivity contribution is -0.202. The Labute approximate surface area is 123 Å². The molecule has 0 bridgehead atoms. The summed E-state index contributed by atoms with van der Waals surface area (Å²) in [6.07, 6.45) is 2.09. The van der Waals surface area contributed by atoms with Gasteiger partial charge in [-0.25, -0.2) is 4.79 Å². The van der Waals surface area contributed by atoms with Crippen molar-refractivity contribution in [3.8, 4) is 0 Å². The third kappa shape index (κ3) is 2.20. The predicted octanol–water partition coefficient (Wildman–Crippen LogP) is 1.86. The zero-order chi connectivity index (χ0) is 15.4. The third-order valence-electron chi connectivity index (χ3n) is 5.01. The van der Waals surface area contributed by atoms with Gasteiger partial charge in [0.05, 0.1) is 0 Å².